The molecule has 0 unspecified atom stereocenters. The van der Waals surface area contributed by atoms with E-state index in [0.717, 1.165) is 5.69 Å². The van der Waals surface area contributed by atoms with Crippen molar-refractivity contribution in [3.63, 3.8) is 0 Å². The maximum atomic E-state index is 11.8. The normalized spacial score (nSPS) is 17.1. The lowest BCUT2D eigenvalue weighted by Crippen LogP contribution is -2.44. The molecule has 2 aromatic rings. The van der Waals surface area contributed by atoms with Gasteiger partial charge in [0.15, 0.2) is 9.84 Å². The van der Waals surface area contributed by atoms with E-state index in [1.54, 1.807) is 17.1 Å². The fourth-order valence-corrected chi connectivity index (χ4v) is 3.56. The minimum Gasteiger partial charge on any atom is -0.323 e. The van der Waals surface area contributed by atoms with E-state index in [1.165, 1.54) is 6.20 Å². The second-order valence-corrected chi connectivity index (χ2v) is 7.16. The summed E-state index contributed by atoms with van der Waals surface area (Å²) in [6, 6.07) is 5.62. The molecule has 0 aromatic carbocycles. The van der Waals surface area contributed by atoms with Crippen molar-refractivity contribution in [3.05, 3.63) is 42.5 Å². The van der Waals surface area contributed by atoms with E-state index in [1.807, 2.05) is 18.2 Å². The number of sulfone groups is 1. The summed E-state index contributed by atoms with van der Waals surface area (Å²) >= 11 is 0. The van der Waals surface area contributed by atoms with Crippen molar-refractivity contribution in [3.8, 4) is 0 Å². The van der Waals surface area contributed by atoms with E-state index in [9.17, 15) is 13.2 Å². The van der Waals surface area contributed by atoms with Crippen LogP contribution in [0.4, 0.5) is 5.69 Å². The van der Waals surface area contributed by atoms with Crippen LogP contribution in [0.5, 0.6) is 0 Å². The Morgan fingerprint density at radius 1 is 1.38 bits per heavy atom. The molecule has 0 spiro atoms. The van der Waals surface area contributed by atoms with Gasteiger partial charge < -0.3 is 5.32 Å². The molecule has 1 aliphatic rings. The van der Waals surface area contributed by atoms with Crippen LogP contribution in [-0.4, -0.2) is 40.6 Å². The Balaban J connectivity index is 1.59. The second kappa shape index (κ2) is 5.28. The number of nitrogens with one attached hydrogen (secondary N) is 1. The highest BCUT2D eigenvalue weighted by Crippen LogP contribution is 2.20. The quantitative estimate of drug-likeness (QED) is 0.877. The number of carbonyl (C=O) groups excluding carboxylic acids is 1. The zero-order valence-electron chi connectivity index (χ0n) is 11.1. The molecule has 0 aliphatic carbocycles. The number of pyridine rings is 1. The topological polar surface area (TPSA) is 93.9 Å². The zero-order chi connectivity index (χ0) is 14.9. The lowest BCUT2D eigenvalue weighted by Gasteiger charge is -2.24. The molecule has 1 amide bonds. The molecule has 1 aliphatic heterocycles. The molecule has 0 bridgehead atoms. The van der Waals surface area contributed by atoms with Gasteiger partial charge in [0.25, 0.3) is 0 Å². The van der Waals surface area contributed by atoms with Crippen LogP contribution in [-0.2, 0) is 21.2 Å². The van der Waals surface area contributed by atoms with Crippen molar-refractivity contribution < 1.29 is 13.2 Å². The van der Waals surface area contributed by atoms with Gasteiger partial charge in [-0.2, -0.15) is 5.10 Å². The van der Waals surface area contributed by atoms with Crippen LogP contribution < -0.4 is 5.32 Å². The molecule has 0 saturated carbocycles. The van der Waals surface area contributed by atoms with Gasteiger partial charge in [-0.25, -0.2) is 8.42 Å². The SMILES string of the molecule is O=C(Nc1cnn(Cc2ccccn2)c1)C1CS(=O)(=O)C1. The first-order valence-electron chi connectivity index (χ1n) is 6.45. The largest absolute Gasteiger partial charge is 0.323 e. The van der Waals surface area contributed by atoms with Crippen molar-refractivity contribution in [1.29, 1.82) is 0 Å². The van der Waals surface area contributed by atoms with Crippen LogP contribution in [0.1, 0.15) is 5.69 Å². The van der Waals surface area contributed by atoms with E-state index >= 15 is 0 Å². The molecule has 1 N–H and O–H groups in total. The maximum absolute atomic E-state index is 11.8. The third-order valence-corrected chi connectivity index (χ3v) is 5.05. The first-order valence-corrected chi connectivity index (χ1v) is 8.28. The number of anilines is 1. The van der Waals surface area contributed by atoms with Gasteiger partial charge in [0.1, 0.15) is 0 Å². The lowest BCUT2D eigenvalue weighted by atomic mass is 10.2. The van der Waals surface area contributed by atoms with Crippen molar-refractivity contribution in [2.45, 2.75) is 6.54 Å². The summed E-state index contributed by atoms with van der Waals surface area (Å²) in [5.41, 5.74) is 1.42. The minimum absolute atomic E-state index is 0.0685. The highest BCUT2D eigenvalue weighted by atomic mass is 32.2. The van der Waals surface area contributed by atoms with Crippen LogP contribution in [0.25, 0.3) is 0 Å². The van der Waals surface area contributed by atoms with Gasteiger partial charge in [-0.1, -0.05) is 6.07 Å². The fourth-order valence-electron chi connectivity index (χ4n) is 2.13. The maximum Gasteiger partial charge on any atom is 0.229 e. The van der Waals surface area contributed by atoms with Gasteiger partial charge in [0, 0.05) is 12.4 Å². The average Bonchev–Trinajstić information content (AvgIpc) is 2.84. The van der Waals surface area contributed by atoms with Gasteiger partial charge in [-0.05, 0) is 12.1 Å². The molecule has 7 nitrogen and oxygen atoms in total. The third-order valence-electron chi connectivity index (χ3n) is 3.23. The Kier molecular flexibility index (Phi) is 3.46. The van der Waals surface area contributed by atoms with E-state index < -0.39 is 15.8 Å². The smallest absolute Gasteiger partial charge is 0.229 e. The van der Waals surface area contributed by atoms with E-state index in [-0.39, 0.29) is 17.4 Å². The van der Waals surface area contributed by atoms with E-state index in [2.05, 4.69) is 15.4 Å². The number of aromatic nitrogens is 3. The molecule has 0 atom stereocenters. The Hall–Kier alpha value is -2.22. The fraction of sp³-hybridized carbons (Fsp3) is 0.308. The van der Waals surface area contributed by atoms with Gasteiger partial charge in [0.05, 0.1) is 41.5 Å². The molecule has 3 heterocycles. The Bertz CT molecular complexity index is 743. The van der Waals surface area contributed by atoms with Crippen LogP contribution in [0.3, 0.4) is 0 Å². The average molecular weight is 306 g/mol. The van der Waals surface area contributed by atoms with Crippen LogP contribution in [0, 0.1) is 5.92 Å². The first-order chi connectivity index (χ1) is 10.0. The summed E-state index contributed by atoms with van der Waals surface area (Å²) in [6.45, 7) is 0.508. The molecular formula is C13H14N4O3S. The highest BCUT2D eigenvalue weighted by molar-refractivity contribution is 7.92. The van der Waals surface area contributed by atoms with Gasteiger partial charge in [-0.3, -0.25) is 14.5 Å². The highest BCUT2D eigenvalue weighted by Gasteiger charge is 2.38. The number of hydrogen-bond acceptors (Lipinski definition) is 5. The Morgan fingerprint density at radius 2 is 2.19 bits per heavy atom. The van der Waals surface area contributed by atoms with Gasteiger partial charge >= 0.3 is 0 Å². The third kappa shape index (κ3) is 3.27. The molecule has 2 aromatic heterocycles. The van der Waals surface area contributed by atoms with Gasteiger partial charge in [-0.15, -0.1) is 0 Å². The van der Waals surface area contributed by atoms with E-state index in [4.69, 9.17) is 0 Å². The van der Waals surface area contributed by atoms with Crippen LogP contribution in [0.15, 0.2) is 36.8 Å². The molecule has 3 rings (SSSR count). The summed E-state index contributed by atoms with van der Waals surface area (Å²) in [5, 5.41) is 6.82. The second-order valence-electron chi connectivity index (χ2n) is 5.01. The molecule has 8 heteroatoms. The monoisotopic (exact) mass is 306 g/mol. The van der Waals surface area contributed by atoms with Crippen molar-refractivity contribution in [2.24, 2.45) is 5.92 Å². The summed E-state index contributed by atoms with van der Waals surface area (Å²) in [5.74, 6) is -0.863. The Labute approximate surface area is 121 Å². The number of nitrogens with zero attached hydrogens (tertiary/aromatic N) is 3. The molecule has 21 heavy (non-hydrogen) atoms. The standard InChI is InChI=1S/C13H14N4O3S/c18-13(10-8-21(19,20)9-10)16-12-5-15-17(7-12)6-11-3-1-2-4-14-11/h1-5,7,10H,6,8-9H2,(H,16,18). The number of rotatable bonds is 4. The zero-order valence-corrected chi connectivity index (χ0v) is 12.0. The number of amides is 1. The predicted octanol–water partition coefficient (Wildman–Crippen LogP) is 0.310. The van der Waals surface area contributed by atoms with E-state index in [0.29, 0.717) is 12.2 Å². The molecule has 110 valence electrons. The van der Waals surface area contributed by atoms with Crippen molar-refractivity contribution in [2.75, 3.05) is 16.8 Å². The molecular weight excluding hydrogens is 292 g/mol. The summed E-state index contributed by atoms with van der Waals surface area (Å²) < 4.78 is 23.8. The van der Waals surface area contributed by atoms with Crippen LogP contribution >= 0.6 is 0 Å². The number of hydrogen-bond donors (Lipinski definition) is 1. The lowest BCUT2D eigenvalue weighted by molar-refractivity contribution is -0.119. The summed E-state index contributed by atoms with van der Waals surface area (Å²) in [6.07, 6.45) is 4.94. The summed E-state index contributed by atoms with van der Waals surface area (Å²) in [4.78, 5) is 16.0. The Morgan fingerprint density at radius 3 is 2.86 bits per heavy atom. The minimum atomic E-state index is -2.99. The van der Waals surface area contributed by atoms with Crippen molar-refractivity contribution in [1.82, 2.24) is 14.8 Å². The number of carbonyl (C=O) groups is 1. The molecule has 1 saturated heterocycles. The molecule has 0 radical (unpaired) electrons. The van der Waals surface area contributed by atoms with Crippen LogP contribution in [0.2, 0.25) is 0 Å². The predicted molar refractivity (Wildman–Crippen MR) is 76.3 cm³/mol. The van der Waals surface area contributed by atoms with Crippen molar-refractivity contribution >= 4 is 21.4 Å². The van der Waals surface area contributed by atoms with Gasteiger partial charge in [0.2, 0.25) is 5.91 Å². The first kappa shape index (κ1) is 13.7. The molecule has 1 fully saturated rings. The summed E-state index contributed by atoms with van der Waals surface area (Å²) in [7, 11) is -2.99.